The van der Waals surface area contributed by atoms with Crippen LogP contribution in [0, 0.1) is 12.7 Å². The van der Waals surface area contributed by atoms with Gasteiger partial charge >= 0.3 is 0 Å². The van der Waals surface area contributed by atoms with Crippen LogP contribution in [0.2, 0.25) is 0 Å². The predicted molar refractivity (Wildman–Crippen MR) is 68.3 cm³/mol. The third kappa shape index (κ3) is 2.67. The summed E-state index contributed by atoms with van der Waals surface area (Å²) < 4.78 is 13.9. The smallest absolute Gasteiger partial charge is 0.128 e. The molecule has 1 saturated carbocycles. The Balaban J connectivity index is 2.29. The van der Waals surface area contributed by atoms with E-state index in [0.29, 0.717) is 12.6 Å². The molecule has 0 heterocycles. The van der Waals surface area contributed by atoms with Gasteiger partial charge in [0.2, 0.25) is 0 Å². The molecule has 0 amide bonds. The van der Waals surface area contributed by atoms with Crippen LogP contribution in [0.1, 0.15) is 36.9 Å². The second-order valence-electron chi connectivity index (χ2n) is 4.84. The molecule has 2 rings (SSSR count). The second kappa shape index (κ2) is 5.15. The topological polar surface area (TPSA) is 29.3 Å². The van der Waals surface area contributed by atoms with E-state index in [2.05, 4.69) is 11.8 Å². The zero-order valence-corrected chi connectivity index (χ0v) is 10.6. The third-order valence-electron chi connectivity index (χ3n) is 3.52. The molecule has 17 heavy (non-hydrogen) atoms. The molecule has 1 atom stereocenters. The molecular weight excluding hydrogens is 215 g/mol. The van der Waals surface area contributed by atoms with Crippen LogP contribution in [-0.4, -0.2) is 24.0 Å². The summed E-state index contributed by atoms with van der Waals surface area (Å²) in [4.78, 5) is 2.33. The van der Waals surface area contributed by atoms with Crippen LogP contribution in [0.3, 0.4) is 0 Å². The molecule has 0 aliphatic heterocycles. The number of nitrogens with zero attached hydrogens (tertiary/aromatic N) is 1. The van der Waals surface area contributed by atoms with Crippen LogP contribution in [-0.2, 0) is 0 Å². The van der Waals surface area contributed by atoms with Gasteiger partial charge in [-0.15, -0.1) is 0 Å². The van der Waals surface area contributed by atoms with Crippen molar-refractivity contribution in [1.82, 2.24) is 4.90 Å². The average molecular weight is 236 g/mol. The standard InChI is InChI=1S/C14H21FN2/c1-3-17(11-5-6-11)14(9-16)12-8-10(2)4-7-13(12)15/h4,7-8,11,14H,3,5-6,9,16H2,1-2H3. The maximum Gasteiger partial charge on any atom is 0.128 e. The molecule has 0 bridgehead atoms. The van der Waals surface area contributed by atoms with Crippen LogP contribution in [0.4, 0.5) is 4.39 Å². The summed E-state index contributed by atoms with van der Waals surface area (Å²) in [6.07, 6.45) is 2.44. The molecule has 2 N–H and O–H groups in total. The first-order chi connectivity index (χ1) is 8.17. The fraction of sp³-hybridized carbons (Fsp3) is 0.571. The maximum absolute atomic E-state index is 13.9. The molecule has 2 nitrogen and oxygen atoms in total. The highest BCUT2D eigenvalue weighted by molar-refractivity contribution is 5.27. The highest BCUT2D eigenvalue weighted by Crippen LogP contribution is 2.34. The molecule has 94 valence electrons. The lowest BCUT2D eigenvalue weighted by Crippen LogP contribution is -2.36. The molecule has 0 spiro atoms. The van der Waals surface area contributed by atoms with Gasteiger partial charge in [0, 0.05) is 18.2 Å². The van der Waals surface area contributed by atoms with Crippen molar-refractivity contribution in [3.63, 3.8) is 0 Å². The van der Waals surface area contributed by atoms with Gasteiger partial charge in [-0.2, -0.15) is 0 Å². The molecule has 0 saturated heterocycles. The first-order valence-corrected chi connectivity index (χ1v) is 6.39. The van der Waals surface area contributed by atoms with E-state index in [0.717, 1.165) is 17.7 Å². The van der Waals surface area contributed by atoms with Gasteiger partial charge in [0.1, 0.15) is 5.82 Å². The second-order valence-corrected chi connectivity index (χ2v) is 4.84. The van der Waals surface area contributed by atoms with Crippen molar-refractivity contribution in [3.05, 3.63) is 35.1 Å². The molecule has 1 fully saturated rings. The Labute approximate surface area is 103 Å². The zero-order valence-electron chi connectivity index (χ0n) is 10.6. The van der Waals surface area contributed by atoms with Crippen molar-refractivity contribution >= 4 is 0 Å². The number of hydrogen-bond acceptors (Lipinski definition) is 2. The predicted octanol–water partition coefficient (Wildman–Crippen LogP) is 2.62. The minimum Gasteiger partial charge on any atom is -0.329 e. The summed E-state index contributed by atoms with van der Waals surface area (Å²) in [5, 5.41) is 0. The van der Waals surface area contributed by atoms with Crippen molar-refractivity contribution < 1.29 is 4.39 Å². The lowest BCUT2D eigenvalue weighted by atomic mass is 10.0. The van der Waals surface area contributed by atoms with Crippen molar-refractivity contribution in [2.45, 2.75) is 38.8 Å². The van der Waals surface area contributed by atoms with Crippen LogP contribution >= 0.6 is 0 Å². The van der Waals surface area contributed by atoms with Crippen LogP contribution in [0.15, 0.2) is 18.2 Å². The molecule has 1 unspecified atom stereocenters. The van der Waals surface area contributed by atoms with E-state index in [1.165, 1.54) is 12.8 Å². The van der Waals surface area contributed by atoms with E-state index in [-0.39, 0.29) is 11.9 Å². The maximum atomic E-state index is 13.9. The monoisotopic (exact) mass is 236 g/mol. The van der Waals surface area contributed by atoms with Gasteiger partial charge in [-0.1, -0.05) is 24.6 Å². The minimum absolute atomic E-state index is 0.0207. The van der Waals surface area contributed by atoms with Crippen molar-refractivity contribution in [1.29, 1.82) is 0 Å². The first kappa shape index (κ1) is 12.5. The molecule has 1 aromatic rings. The van der Waals surface area contributed by atoms with E-state index in [9.17, 15) is 4.39 Å². The van der Waals surface area contributed by atoms with E-state index >= 15 is 0 Å². The van der Waals surface area contributed by atoms with Crippen molar-refractivity contribution in [3.8, 4) is 0 Å². The fourth-order valence-electron chi connectivity index (χ4n) is 2.50. The molecule has 0 aromatic heterocycles. The van der Waals surface area contributed by atoms with Gasteiger partial charge in [-0.3, -0.25) is 4.90 Å². The van der Waals surface area contributed by atoms with Crippen LogP contribution in [0.5, 0.6) is 0 Å². The fourth-order valence-corrected chi connectivity index (χ4v) is 2.50. The van der Waals surface area contributed by atoms with E-state index < -0.39 is 0 Å². The molecule has 1 aliphatic carbocycles. The van der Waals surface area contributed by atoms with Gasteiger partial charge in [-0.05, 0) is 32.4 Å². The van der Waals surface area contributed by atoms with Gasteiger partial charge in [0.15, 0.2) is 0 Å². The molecule has 3 heteroatoms. The number of rotatable bonds is 5. The van der Waals surface area contributed by atoms with Crippen molar-refractivity contribution in [2.75, 3.05) is 13.1 Å². The van der Waals surface area contributed by atoms with Crippen molar-refractivity contribution in [2.24, 2.45) is 5.73 Å². The number of halogens is 1. The summed E-state index contributed by atoms with van der Waals surface area (Å²) in [5.41, 5.74) is 7.70. The van der Waals surface area contributed by atoms with E-state index in [4.69, 9.17) is 5.73 Å². The summed E-state index contributed by atoms with van der Waals surface area (Å²) in [5.74, 6) is -0.134. The Hall–Kier alpha value is -0.930. The lowest BCUT2D eigenvalue weighted by molar-refractivity contribution is 0.198. The van der Waals surface area contributed by atoms with E-state index in [1.54, 1.807) is 12.1 Å². The van der Waals surface area contributed by atoms with Crippen LogP contribution in [0.25, 0.3) is 0 Å². The Morgan fingerprint density at radius 3 is 2.71 bits per heavy atom. The Morgan fingerprint density at radius 2 is 2.18 bits per heavy atom. The molecular formula is C14H21FN2. The largest absolute Gasteiger partial charge is 0.329 e. The first-order valence-electron chi connectivity index (χ1n) is 6.39. The summed E-state index contributed by atoms with van der Waals surface area (Å²) >= 11 is 0. The number of likely N-dealkylation sites (N-methyl/N-ethyl adjacent to an activating group) is 1. The normalized spacial score (nSPS) is 17.5. The SMILES string of the molecule is CCN(C1CC1)C(CN)c1cc(C)ccc1F. The zero-order chi connectivity index (χ0) is 12.4. The molecule has 1 aliphatic rings. The van der Waals surface area contributed by atoms with Gasteiger partial charge in [-0.25, -0.2) is 4.39 Å². The Bertz CT molecular complexity index is 388. The minimum atomic E-state index is -0.134. The molecule has 1 aromatic carbocycles. The highest BCUT2D eigenvalue weighted by Gasteiger charge is 2.33. The highest BCUT2D eigenvalue weighted by atomic mass is 19.1. The third-order valence-corrected chi connectivity index (χ3v) is 3.52. The number of aryl methyl sites for hydroxylation is 1. The van der Waals surface area contributed by atoms with Gasteiger partial charge in [0.25, 0.3) is 0 Å². The summed E-state index contributed by atoms with van der Waals surface area (Å²) in [6.45, 7) is 5.52. The Kier molecular flexibility index (Phi) is 3.79. The van der Waals surface area contributed by atoms with E-state index in [1.807, 2.05) is 13.0 Å². The molecule has 0 radical (unpaired) electrons. The lowest BCUT2D eigenvalue weighted by Gasteiger charge is -2.30. The quantitative estimate of drug-likeness (QED) is 0.851. The number of benzene rings is 1. The summed E-state index contributed by atoms with van der Waals surface area (Å²) in [7, 11) is 0. The Morgan fingerprint density at radius 1 is 1.47 bits per heavy atom. The average Bonchev–Trinajstić information content (AvgIpc) is 3.13. The summed E-state index contributed by atoms with van der Waals surface area (Å²) in [6, 6.07) is 5.91. The van der Waals surface area contributed by atoms with Crippen LogP contribution < -0.4 is 5.73 Å². The number of hydrogen-bond donors (Lipinski definition) is 1. The number of nitrogens with two attached hydrogens (primary N) is 1. The van der Waals surface area contributed by atoms with Gasteiger partial charge in [0.05, 0.1) is 6.04 Å². The van der Waals surface area contributed by atoms with Gasteiger partial charge < -0.3 is 5.73 Å².